The van der Waals surface area contributed by atoms with Crippen LogP contribution < -0.4 is 5.32 Å². The van der Waals surface area contributed by atoms with E-state index in [-0.39, 0.29) is 12.3 Å². The molecule has 0 aliphatic carbocycles. The lowest BCUT2D eigenvalue weighted by Crippen LogP contribution is -2.50. The van der Waals surface area contributed by atoms with Gasteiger partial charge in [-0.1, -0.05) is 0 Å². The molecule has 0 bridgehead atoms. The maximum absolute atomic E-state index is 10.8. The van der Waals surface area contributed by atoms with E-state index in [2.05, 4.69) is 10.2 Å². The molecule has 13 heavy (non-hydrogen) atoms. The van der Waals surface area contributed by atoms with E-state index in [1.54, 1.807) is 0 Å². The minimum Gasteiger partial charge on any atom is -0.353 e. The molecule has 0 saturated carbocycles. The van der Waals surface area contributed by atoms with Gasteiger partial charge in [-0.15, -0.1) is 0 Å². The Kier molecular flexibility index (Phi) is 4.35. The predicted octanol–water partition coefficient (Wildman–Crippen LogP) is -0.158. The van der Waals surface area contributed by atoms with Crippen molar-refractivity contribution in [1.29, 1.82) is 0 Å². The van der Waals surface area contributed by atoms with Gasteiger partial charge in [0, 0.05) is 26.2 Å². The van der Waals surface area contributed by atoms with Crippen molar-refractivity contribution < 1.29 is 9.53 Å². The summed E-state index contributed by atoms with van der Waals surface area (Å²) in [6, 6.07) is 0. The fraction of sp³-hybridized carbons (Fsp3) is 0.889. The number of ether oxygens (including phenoxy) is 1. The molecule has 0 radical (unpaired) electrons. The molecule has 4 nitrogen and oxygen atoms in total. The van der Waals surface area contributed by atoms with Gasteiger partial charge in [0.1, 0.15) is 0 Å². The molecule has 1 aliphatic rings. The third kappa shape index (κ3) is 3.42. The summed E-state index contributed by atoms with van der Waals surface area (Å²) >= 11 is 0. The van der Waals surface area contributed by atoms with E-state index in [4.69, 9.17) is 4.74 Å². The summed E-state index contributed by atoms with van der Waals surface area (Å²) in [6.07, 6.45) is 0.623. The highest BCUT2D eigenvalue weighted by Crippen LogP contribution is 2.03. The number of aldehydes is 1. The fourth-order valence-corrected chi connectivity index (χ4v) is 1.42. The summed E-state index contributed by atoms with van der Waals surface area (Å²) in [4.78, 5) is 12.8. The minimum absolute atomic E-state index is 0.102. The second kappa shape index (κ2) is 5.32. The molecule has 0 aromatic carbocycles. The summed E-state index contributed by atoms with van der Waals surface area (Å²) in [5.74, 6) is 0. The lowest BCUT2D eigenvalue weighted by molar-refractivity contribution is -0.138. The molecule has 0 unspecified atom stereocenters. The van der Waals surface area contributed by atoms with Crippen LogP contribution in [0.1, 0.15) is 13.8 Å². The van der Waals surface area contributed by atoms with Crippen molar-refractivity contribution in [2.75, 3.05) is 26.2 Å². The van der Waals surface area contributed by atoms with Gasteiger partial charge in [-0.3, -0.25) is 9.69 Å². The van der Waals surface area contributed by atoms with Crippen molar-refractivity contribution in [3.63, 3.8) is 0 Å². The Morgan fingerprint density at radius 3 is 2.46 bits per heavy atom. The van der Waals surface area contributed by atoms with Crippen LogP contribution in [0.5, 0.6) is 0 Å². The number of hydrogen-bond acceptors (Lipinski definition) is 4. The lowest BCUT2D eigenvalue weighted by Gasteiger charge is -2.32. The molecule has 1 saturated heterocycles. The molecule has 4 heteroatoms. The molecule has 1 fully saturated rings. The number of nitrogens with zero attached hydrogens (tertiary/aromatic N) is 1. The van der Waals surface area contributed by atoms with E-state index in [9.17, 15) is 4.79 Å². The molecular weight excluding hydrogens is 168 g/mol. The normalized spacial score (nSPS) is 21.8. The van der Waals surface area contributed by atoms with Gasteiger partial charge in [0.05, 0.1) is 6.10 Å². The number of rotatable bonds is 4. The summed E-state index contributed by atoms with van der Waals surface area (Å²) in [6.45, 7) is 7.53. The van der Waals surface area contributed by atoms with E-state index in [1.807, 2.05) is 13.8 Å². The second-order valence-corrected chi connectivity index (χ2v) is 3.50. The van der Waals surface area contributed by atoms with Gasteiger partial charge in [0.25, 0.3) is 0 Å². The smallest absolute Gasteiger partial charge is 0.167 e. The largest absolute Gasteiger partial charge is 0.353 e. The van der Waals surface area contributed by atoms with Gasteiger partial charge in [-0.25, -0.2) is 0 Å². The maximum Gasteiger partial charge on any atom is 0.167 e. The van der Waals surface area contributed by atoms with Crippen LogP contribution in [-0.2, 0) is 9.53 Å². The lowest BCUT2D eigenvalue weighted by atomic mass is 10.3. The van der Waals surface area contributed by atoms with Gasteiger partial charge in [-0.05, 0) is 13.8 Å². The molecular formula is C9H18N2O2. The first kappa shape index (κ1) is 10.6. The molecule has 0 spiro atoms. The summed E-state index contributed by atoms with van der Waals surface area (Å²) in [7, 11) is 0. The maximum atomic E-state index is 10.8. The van der Waals surface area contributed by atoms with Crippen LogP contribution >= 0.6 is 0 Å². The van der Waals surface area contributed by atoms with Crippen molar-refractivity contribution >= 4 is 6.29 Å². The van der Waals surface area contributed by atoms with Crippen molar-refractivity contribution in [2.45, 2.75) is 26.2 Å². The van der Waals surface area contributed by atoms with Crippen molar-refractivity contribution in [3.05, 3.63) is 0 Å². The van der Waals surface area contributed by atoms with Crippen LogP contribution in [0.4, 0.5) is 0 Å². The molecule has 0 aromatic rings. The van der Waals surface area contributed by atoms with Crippen molar-refractivity contribution in [1.82, 2.24) is 10.2 Å². The van der Waals surface area contributed by atoms with Crippen LogP contribution in [0.25, 0.3) is 0 Å². The first-order valence-corrected chi connectivity index (χ1v) is 4.79. The van der Waals surface area contributed by atoms with Gasteiger partial charge in [0.2, 0.25) is 0 Å². The molecule has 76 valence electrons. The Balaban J connectivity index is 2.39. The molecule has 1 aliphatic heterocycles. The molecule has 1 heterocycles. The van der Waals surface area contributed by atoms with Crippen LogP contribution in [-0.4, -0.2) is 49.7 Å². The zero-order valence-corrected chi connectivity index (χ0v) is 8.32. The topological polar surface area (TPSA) is 41.6 Å². The minimum atomic E-state index is -0.359. The Bertz CT molecular complexity index is 156. The predicted molar refractivity (Wildman–Crippen MR) is 50.5 cm³/mol. The van der Waals surface area contributed by atoms with Gasteiger partial charge < -0.3 is 10.1 Å². The van der Waals surface area contributed by atoms with Gasteiger partial charge in [0.15, 0.2) is 12.5 Å². The average molecular weight is 186 g/mol. The Morgan fingerprint density at radius 1 is 1.38 bits per heavy atom. The summed E-state index contributed by atoms with van der Waals surface area (Å²) in [5, 5.41) is 3.23. The van der Waals surface area contributed by atoms with Gasteiger partial charge in [-0.2, -0.15) is 0 Å². The number of carbonyl (C=O) groups is 1. The zero-order valence-electron chi connectivity index (χ0n) is 8.32. The molecule has 1 atom stereocenters. The van der Waals surface area contributed by atoms with E-state index < -0.39 is 0 Å². The third-order valence-corrected chi connectivity index (χ3v) is 2.04. The third-order valence-electron chi connectivity index (χ3n) is 2.04. The van der Waals surface area contributed by atoms with Crippen LogP contribution in [0.15, 0.2) is 0 Å². The first-order valence-electron chi connectivity index (χ1n) is 4.79. The summed E-state index contributed by atoms with van der Waals surface area (Å²) < 4.78 is 5.47. The average Bonchev–Trinajstić information content (AvgIpc) is 2.15. The van der Waals surface area contributed by atoms with Crippen molar-refractivity contribution in [2.24, 2.45) is 0 Å². The SMILES string of the molecule is CC(C)O[C@@H](C=O)N1CCNCC1. The highest BCUT2D eigenvalue weighted by atomic mass is 16.5. The van der Waals surface area contributed by atoms with Crippen LogP contribution in [0.3, 0.4) is 0 Å². The standard InChI is InChI=1S/C9H18N2O2/c1-8(2)13-9(7-12)11-5-3-10-4-6-11/h7-10H,3-6H2,1-2H3/t9-/m0/s1. The summed E-state index contributed by atoms with van der Waals surface area (Å²) in [5.41, 5.74) is 0. The van der Waals surface area contributed by atoms with E-state index in [1.165, 1.54) is 0 Å². The van der Waals surface area contributed by atoms with Crippen LogP contribution in [0, 0.1) is 0 Å². The Morgan fingerprint density at radius 2 is 2.00 bits per heavy atom. The van der Waals surface area contributed by atoms with Crippen molar-refractivity contribution in [3.8, 4) is 0 Å². The zero-order chi connectivity index (χ0) is 9.68. The number of carbonyl (C=O) groups excluding carboxylic acids is 1. The number of piperazine rings is 1. The van der Waals surface area contributed by atoms with Crippen LogP contribution in [0.2, 0.25) is 0 Å². The highest BCUT2D eigenvalue weighted by molar-refractivity contribution is 5.55. The molecule has 1 N–H and O–H groups in total. The van der Waals surface area contributed by atoms with E-state index in [0.717, 1.165) is 32.5 Å². The highest BCUT2D eigenvalue weighted by Gasteiger charge is 2.20. The van der Waals surface area contributed by atoms with Gasteiger partial charge >= 0.3 is 0 Å². The number of hydrogen-bond donors (Lipinski definition) is 1. The fourth-order valence-electron chi connectivity index (χ4n) is 1.42. The van der Waals surface area contributed by atoms with E-state index >= 15 is 0 Å². The first-order chi connectivity index (χ1) is 6.24. The second-order valence-electron chi connectivity index (χ2n) is 3.50. The Labute approximate surface area is 79.2 Å². The molecule has 1 rings (SSSR count). The Hall–Kier alpha value is -0.450. The van der Waals surface area contributed by atoms with E-state index in [0.29, 0.717) is 0 Å². The number of nitrogens with one attached hydrogen (secondary N) is 1. The monoisotopic (exact) mass is 186 g/mol. The molecule has 0 amide bonds. The quantitative estimate of drug-likeness (QED) is 0.620. The molecule has 0 aromatic heterocycles.